The van der Waals surface area contributed by atoms with Gasteiger partial charge in [-0.2, -0.15) is 0 Å². The fourth-order valence-electron chi connectivity index (χ4n) is 0.585. The quantitative estimate of drug-likeness (QED) is 0.696. The van der Waals surface area contributed by atoms with E-state index < -0.39 is 9.84 Å². The Morgan fingerprint density at radius 2 is 1.60 bits per heavy atom. The summed E-state index contributed by atoms with van der Waals surface area (Å²) in [6.07, 6.45) is 5.83. The highest BCUT2D eigenvalue weighted by Crippen LogP contribution is 2.03. The largest absolute Gasteiger partial charge is 0.265 e. The van der Waals surface area contributed by atoms with Gasteiger partial charge in [-0.25, -0.2) is 8.42 Å². The third-order valence-electron chi connectivity index (χ3n) is 1.08. The Bertz CT molecular complexity index is 344. The Labute approximate surface area is 92.8 Å². The second-order valence-corrected chi connectivity index (χ2v) is 4.38. The van der Waals surface area contributed by atoms with E-state index in [1.54, 1.807) is 6.08 Å². The van der Waals surface area contributed by atoms with Gasteiger partial charge in [0.2, 0.25) is 0 Å². The maximum Gasteiger partial charge on any atom is 0.175 e. The molecule has 86 valence electrons. The van der Waals surface area contributed by atoms with Crippen LogP contribution in [-0.4, -0.2) is 19.7 Å². The average molecular weight is 229 g/mol. The number of rotatable bonds is 1. The topological polar surface area (TPSA) is 47.0 Å². The monoisotopic (exact) mass is 229 g/mol. The van der Waals surface area contributed by atoms with Crippen LogP contribution in [0.4, 0.5) is 0 Å². The van der Waals surface area contributed by atoms with Crippen LogP contribution >= 0.6 is 0 Å². The molecular weight excluding hydrogens is 210 g/mol. The van der Waals surface area contributed by atoms with Crippen LogP contribution in [0.2, 0.25) is 0 Å². The van der Waals surface area contributed by atoms with Gasteiger partial charge in [0.1, 0.15) is 0 Å². The molecule has 0 aliphatic heterocycles. The Hall–Kier alpha value is -1.16. The summed E-state index contributed by atoms with van der Waals surface area (Å²) in [6.45, 7) is 9.25. The standard InChI is InChI=1S/C6H7NO2S.C3H6.C2H6/c1-10(8,9)6-2-4-7-5-3-6;1-3-2;1-2/h2-5H,1H3;3H,1H2,2H3;1-2H3. The molecule has 1 aromatic heterocycles. The van der Waals surface area contributed by atoms with E-state index >= 15 is 0 Å². The molecule has 1 aromatic rings. The summed E-state index contributed by atoms with van der Waals surface area (Å²) in [5, 5.41) is 0. The third-order valence-corrected chi connectivity index (χ3v) is 2.21. The van der Waals surface area contributed by atoms with Crippen molar-refractivity contribution in [1.29, 1.82) is 0 Å². The molecule has 4 heteroatoms. The minimum absolute atomic E-state index is 0.308. The predicted molar refractivity (Wildman–Crippen MR) is 64.6 cm³/mol. The van der Waals surface area contributed by atoms with E-state index in [9.17, 15) is 8.42 Å². The average Bonchev–Trinajstić information content (AvgIpc) is 2.22. The van der Waals surface area contributed by atoms with Crippen LogP contribution in [0.1, 0.15) is 20.8 Å². The van der Waals surface area contributed by atoms with E-state index in [1.807, 2.05) is 20.8 Å². The molecule has 1 heterocycles. The van der Waals surface area contributed by atoms with Crippen molar-refractivity contribution < 1.29 is 8.42 Å². The highest BCUT2D eigenvalue weighted by atomic mass is 32.2. The molecular formula is C11H19NO2S. The van der Waals surface area contributed by atoms with Gasteiger partial charge in [0.15, 0.2) is 9.84 Å². The van der Waals surface area contributed by atoms with Crippen molar-refractivity contribution in [3.63, 3.8) is 0 Å². The smallest absolute Gasteiger partial charge is 0.175 e. The second-order valence-electron chi connectivity index (χ2n) is 2.36. The Morgan fingerprint density at radius 3 is 1.80 bits per heavy atom. The highest BCUT2D eigenvalue weighted by molar-refractivity contribution is 7.90. The summed E-state index contributed by atoms with van der Waals surface area (Å²) < 4.78 is 21.6. The lowest BCUT2D eigenvalue weighted by Gasteiger charge is -1.93. The van der Waals surface area contributed by atoms with E-state index in [0.717, 1.165) is 0 Å². The van der Waals surface area contributed by atoms with Crippen LogP contribution in [0.5, 0.6) is 0 Å². The molecule has 0 radical (unpaired) electrons. The van der Waals surface area contributed by atoms with Crippen molar-refractivity contribution in [1.82, 2.24) is 4.98 Å². The molecule has 0 aliphatic rings. The Morgan fingerprint density at radius 1 is 1.27 bits per heavy atom. The lowest BCUT2D eigenvalue weighted by atomic mass is 10.5. The van der Waals surface area contributed by atoms with Crippen molar-refractivity contribution in [3.8, 4) is 0 Å². The molecule has 0 bridgehead atoms. The van der Waals surface area contributed by atoms with Gasteiger partial charge in [-0.1, -0.05) is 19.9 Å². The third kappa shape index (κ3) is 9.15. The van der Waals surface area contributed by atoms with E-state index in [0.29, 0.717) is 4.90 Å². The van der Waals surface area contributed by atoms with Gasteiger partial charge in [0.05, 0.1) is 4.90 Å². The van der Waals surface area contributed by atoms with Gasteiger partial charge < -0.3 is 0 Å². The SMILES string of the molecule is C=CC.CC.CS(=O)(=O)c1ccncc1. The summed E-state index contributed by atoms with van der Waals surface area (Å²) in [4.78, 5) is 4.00. The fourth-order valence-corrected chi connectivity index (χ4v) is 1.20. The molecule has 0 unspecified atom stereocenters. The van der Waals surface area contributed by atoms with Crippen molar-refractivity contribution in [2.24, 2.45) is 0 Å². The molecule has 0 aliphatic carbocycles. The van der Waals surface area contributed by atoms with Crippen LogP contribution in [0, 0.1) is 0 Å². The fraction of sp³-hybridized carbons (Fsp3) is 0.364. The second kappa shape index (κ2) is 9.40. The number of aromatic nitrogens is 1. The maximum atomic E-state index is 10.8. The molecule has 3 nitrogen and oxygen atoms in total. The van der Waals surface area contributed by atoms with Gasteiger partial charge in [0, 0.05) is 18.6 Å². The summed E-state index contributed by atoms with van der Waals surface area (Å²) >= 11 is 0. The van der Waals surface area contributed by atoms with Gasteiger partial charge >= 0.3 is 0 Å². The van der Waals surface area contributed by atoms with Gasteiger partial charge in [-0.15, -0.1) is 6.58 Å². The normalized spacial score (nSPS) is 8.80. The van der Waals surface area contributed by atoms with Crippen molar-refractivity contribution in [2.75, 3.05) is 6.26 Å². The minimum atomic E-state index is -3.04. The highest BCUT2D eigenvalue weighted by Gasteiger charge is 2.03. The zero-order valence-electron chi connectivity index (χ0n) is 9.77. The predicted octanol–water partition coefficient (Wildman–Crippen LogP) is 2.70. The molecule has 0 atom stereocenters. The minimum Gasteiger partial charge on any atom is -0.265 e. The summed E-state index contributed by atoms with van der Waals surface area (Å²) in [7, 11) is -3.04. The molecule has 0 fully saturated rings. The first kappa shape index (κ1) is 16.3. The van der Waals surface area contributed by atoms with Gasteiger partial charge in [0.25, 0.3) is 0 Å². The van der Waals surface area contributed by atoms with Gasteiger partial charge in [-0.05, 0) is 19.1 Å². The molecule has 0 N–H and O–H groups in total. The molecule has 0 saturated carbocycles. The molecule has 0 amide bonds. The van der Waals surface area contributed by atoms with Crippen LogP contribution in [0.15, 0.2) is 42.1 Å². The summed E-state index contributed by atoms with van der Waals surface area (Å²) in [6, 6.07) is 2.94. The van der Waals surface area contributed by atoms with E-state index in [2.05, 4.69) is 11.6 Å². The van der Waals surface area contributed by atoms with Crippen molar-refractivity contribution in [3.05, 3.63) is 37.2 Å². The van der Waals surface area contributed by atoms with Crippen molar-refractivity contribution >= 4 is 9.84 Å². The molecule has 0 spiro atoms. The van der Waals surface area contributed by atoms with Crippen LogP contribution < -0.4 is 0 Å². The molecule has 1 rings (SSSR count). The number of hydrogen-bond acceptors (Lipinski definition) is 3. The Balaban J connectivity index is 0. The Kier molecular flexibility index (Phi) is 10.2. The summed E-state index contributed by atoms with van der Waals surface area (Å²) in [5.41, 5.74) is 0. The first-order chi connectivity index (χ1) is 7.02. The summed E-state index contributed by atoms with van der Waals surface area (Å²) in [5.74, 6) is 0. The van der Waals surface area contributed by atoms with Crippen LogP contribution in [0.25, 0.3) is 0 Å². The van der Waals surface area contributed by atoms with Crippen LogP contribution in [-0.2, 0) is 9.84 Å². The number of nitrogens with zero attached hydrogens (tertiary/aromatic N) is 1. The van der Waals surface area contributed by atoms with E-state index in [4.69, 9.17) is 0 Å². The zero-order chi connectivity index (χ0) is 12.3. The number of allylic oxidation sites excluding steroid dienone is 1. The van der Waals surface area contributed by atoms with E-state index in [1.165, 1.54) is 30.8 Å². The molecule has 15 heavy (non-hydrogen) atoms. The lowest BCUT2D eigenvalue weighted by Crippen LogP contribution is -1.95. The first-order valence-electron chi connectivity index (χ1n) is 4.69. The first-order valence-corrected chi connectivity index (χ1v) is 6.58. The maximum absolute atomic E-state index is 10.8. The molecule has 0 saturated heterocycles. The van der Waals surface area contributed by atoms with Crippen LogP contribution in [0.3, 0.4) is 0 Å². The number of pyridine rings is 1. The van der Waals surface area contributed by atoms with Crippen molar-refractivity contribution in [2.45, 2.75) is 25.7 Å². The number of sulfone groups is 1. The number of hydrogen-bond donors (Lipinski definition) is 0. The molecule has 0 aromatic carbocycles. The lowest BCUT2D eigenvalue weighted by molar-refractivity contribution is 0.601. The zero-order valence-corrected chi connectivity index (χ0v) is 10.6. The van der Waals surface area contributed by atoms with E-state index in [-0.39, 0.29) is 0 Å². The van der Waals surface area contributed by atoms with Gasteiger partial charge in [-0.3, -0.25) is 4.98 Å².